The number of hydrogen-bond donors (Lipinski definition) is 1. The quantitative estimate of drug-likeness (QED) is 0.354. The number of nitrogens with one attached hydrogen (secondary N) is 1. The van der Waals surface area contributed by atoms with Crippen molar-refractivity contribution in [2.75, 3.05) is 6.54 Å². The molecule has 0 aliphatic carbocycles. The van der Waals surface area contributed by atoms with Gasteiger partial charge in [0.1, 0.15) is 0 Å². The molecule has 0 aromatic heterocycles. The highest BCUT2D eigenvalue weighted by atomic mass is 35.5. The molecule has 0 radical (unpaired) electrons. The van der Waals surface area contributed by atoms with E-state index < -0.39 is 15.9 Å². The van der Waals surface area contributed by atoms with Crippen LogP contribution in [0.3, 0.4) is 0 Å². The number of carbonyl (C=O) groups excluding carboxylic acids is 1. The summed E-state index contributed by atoms with van der Waals surface area (Å²) in [6, 6.07) is 18.2. The topological polar surface area (TPSA) is 78.8 Å². The molecule has 0 saturated carbocycles. The van der Waals surface area contributed by atoms with Crippen LogP contribution < -0.4 is 5.43 Å². The van der Waals surface area contributed by atoms with E-state index >= 15 is 0 Å². The predicted octanol–water partition coefficient (Wildman–Crippen LogP) is 4.91. The maximum atomic E-state index is 13.7. The molecule has 3 aromatic rings. The molecular weight excluding hydrogens is 470 g/mol. The smallest absolute Gasteiger partial charge is 0.255 e. The van der Waals surface area contributed by atoms with Crippen molar-refractivity contribution in [2.24, 2.45) is 5.10 Å². The molecule has 0 aliphatic heterocycles. The van der Waals surface area contributed by atoms with E-state index in [1.807, 2.05) is 50.2 Å². The third-order valence-electron chi connectivity index (χ3n) is 5.24. The summed E-state index contributed by atoms with van der Waals surface area (Å²) < 4.78 is 28.6. The minimum Gasteiger partial charge on any atom is -0.272 e. The number of hydrazone groups is 1. The summed E-state index contributed by atoms with van der Waals surface area (Å²) >= 11 is 5.98. The molecule has 0 unspecified atom stereocenters. The monoisotopic (exact) mass is 497 g/mol. The molecular formula is C26H28ClN3O3S. The maximum absolute atomic E-state index is 13.7. The van der Waals surface area contributed by atoms with Crippen LogP contribution in [0, 0.1) is 27.7 Å². The minimum absolute atomic E-state index is 0.0152. The summed E-state index contributed by atoms with van der Waals surface area (Å²) in [5.41, 5.74) is 7.30. The molecule has 178 valence electrons. The van der Waals surface area contributed by atoms with Crippen LogP contribution >= 0.6 is 11.6 Å². The molecule has 1 amide bonds. The van der Waals surface area contributed by atoms with Gasteiger partial charge in [0.25, 0.3) is 5.91 Å². The molecule has 3 rings (SSSR count). The Morgan fingerprint density at radius 2 is 1.62 bits per heavy atom. The maximum Gasteiger partial charge on any atom is 0.255 e. The minimum atomic E-state index is -3.98. The number of rotatable bonds is 8. The standard InChI is InChI=1S/C26H28ClN3O3S/c1-18-6-5-7-23(14-18)15-28-29-25(31)17-30(16-22-8-10-24(27)11-9-22)34(32,33)26-20(3)12-19(2)13-21(26)4/h5-15H,16-17H2,1-4H3,(H,29,31). The van der Waals surface area contributed by atoms with Crippen LogP contribution in [0.1, 0.15) is 33.4 Å². The Morgan fingerprint density at radius 1 is 0.971 bits per heavy atom. The van der Waals surface area contributed by atoms with Crippen molar-refractivity contribution in [1.29, 1.82) is 0 Å². The average Bonchev–Trinajstić information content (AvgIpc) is 2.74. The third kappa shape index (κ3) is 6.53. The molecule has 0 aliphatic rings. The number of hydrogen-bond acceptors (Lipinski definition) is 4. The van der Waals surface area contributed by atoms with Gasteiger partial charge < -0.3 is 0 Å². The van der Waals surface area contributed by atoms with Crippen LogP contribution in [0.15, 0.2) is 70.7 Å². The first-order valence-electron chi connectivity index (χ1n) is 10.8. The molecule has 0 bridgehead atoms. The molecule has 0 atom stereocenters. The molecule has 0 saturated heterocycles. The zero-order valence-corrected chi connectivity index (χ0v) is 21.2. The van der Waals surface area contributed by atoms with Crippen LogP contribution in [0.5, 0.6) is 0 Å². The summed E-state index contributed by atoms with van der Waals surface area (Å²) in [5, 5.41) is 4.54. The van der Waals surface area contributed by atoms with Crippen molar-refractivity contribution < 1.29 is 13.2 Å². The normalized spacial score (nSPS) is 11.8. The molecule has 6 nitrogen and oxygen atoms in total. The Kier molecular flexibility index (Phi) is 8.25. The lowest BCUT2D eigenvalue weighted by atomic mass is 10.1. The van der Waals surface area contributed by atoms with E-state index in [2.05, 4.69) is 10.5 Å². The highest BCUT2D eigenvalue weighted by molar-refractivity contribution is 7.89. The van der Waals surface area contributed by atoms with E-state index in [-0.39, 0.29) is 18.0 Å². The van der Waals surface area contributed by atoms with Crippen molar-refractivity contribution in [3.63, 3.8) is 0 Å². The first-order valence-corrected chi connectivity index (χ1v) is 12.6. The van der Waals surface area contributed by atoms with E-state index in [1.54, 1.807) is 38.1 Å². The average molecular weight is 498 g/mol. The number of carbonyl (C=O) groups is 1. The predicted molar refractivity (Wildman–Crippen MR) is 137 cm³/mol. The molecule has 34 heavy (non-hydrogen) atoms. The van der Waals surface area contributed by atoms with Crippen molar-refractivity contribution >= 4 is 33.7 Å². The van der Waals surface area contributed by atoms with Crippen LogP contribution in [-0.2, 0) is 21.4 Å². The first-order chi connectivity index (χ1) is 16.1. The largest absolute Gasteiger partial charge is 0.272 e. The van der Waals surface area contributed by atoms with Crippen LogP contribution in [-0.4, -0.2) is 31.4 Å². The molecule has 0 heterocycles. The van der Waals surface area contributed by atoms with Gasteiger partial charge in [0.05, 0.1) is 17.7 Å². The van der Waals surface area contributed by atoms with E-state index in [0.29, 0.717) is 21.7 Å². The molecule has 0 fully saturated rings. The Bertz CT molecular complexity index is 1300. The highest BCUT2D eigenvalue weighted by Crippen LogP contribution is 2.26. The Balaban J connectivity index is 1.87. The fraction of sp³-hybridized carbons (Fsp3) is 0.231. The van der Waals surface area contributed by atoms with Gasteiger partial charge in [0.2, 0.25) is 10.0 Å². The molecule has 1 N–H and O–H groups in total. The lowest BCUT2D eigenvalue weighted by Crippen LogP contribution is -2.39. The van der Waals surface area contributed by atoms with Gasteiger partial charge in [0, 0.05) is 11.6 Å². The Morgan fingerprint density at radius 3 is 2.24 bits per heavy atom. The first kappa shape index (κ1) is 25.6. The Labute approximate surface area is 206 Å². The van der Waals surface area contributed by atoms with Crippen molar-refractivity contribution in [2.45, 2.75) is 39.1 Å². The summed E-state index contributed by atoms with van der Waals surface area (Å²) in [5.74, 6) is -0.538. The SMILES string of the molecule is Cc1cccc(C=NNC(=O)CN(Cc2ccc(Cl)cc2)S(=O)(=O)c2c(C)cc(C)cc2C)c1. The van der Waals surface area contributed by atoms with Crippen LogP contribution in [0.25, 0.3) is 0 Å². The number of nitrogens with zero attached hydrogens (tertiary/aromatic N) is 2. The van der Waals surface area contributed by atoms with Gasteiger partial charge in [-0.15, -0.1) is 0 Å². The molecule has 0 spiro atoms. The lowest BCUT2D eigenvalue weighted by Gasteiger charge is -2.24. The Hall–Kier alpha value is -3.00. The third-order valence-corrected chi connectivity index (χ3v) is 7.59. The zero-order chi connectivity index (χ0) is 24.9. The summed E-state index contributed by atoms with van der Waals surface area (Å²) in [6.45, 7) is 7.04. The van der Waals surface area contributed by atoms with Crippen molar-refractivity contribution in [3.8, 4) is 0 Å². The number of benzene rings is 3. The van der Waals surface area contributed by atoms with Crippen LogP contribution in [0.2, 0.25) is 5.02 Å². The summed E-state index contributed by atoms with van der Waals surface area (Å²) in [7, 11) is -3.98. The van der Waals surface area contributed by atoms with Gasteiger partial charge in [-0.2, -0.15) is 9.41 Å². The van der Waals surface area contributed by atoms with Gasteiger partial charge in [-0.1, -0.05) is 71.3 Å². The van der Waals surface area contributed by atoms with E-state index in [1.165, 1.54) is 10.5 Å². The summed E-state index contributed by atoms with van der Waals surface area (Å²) in [6.07, 6.45) is 1.53. The number of amides is 1. The lowest BCUT2D eigenvalue weighted by molar-refractivity contribution is -0.121. The second kappa shape index (κ2) is 11.0. The second-order valence-corrected chi connectivity index (χ2v) is 10.6. The highest BCUT2D eigenvalue weighted by Gasteiger charge is 2.30. The van der Waals surface area contributed by atoms with E-state index in [0.717, 1.165) is 16.7 Å². The van der Waals surface area contributed by atoms with Crippen LogP contribution in [0.4, 0.5) is 0 Å². The van der Waals surface area contributed by atoms with E-state index in [4.69, 9.17) is 11.6 Å². The van der Waals surface area contributed by atoms with Crippen molar-refractivity contribution in [3.05, 3.63) is 99.1 Å². The zero-order valence-electron chi connectivity index (χ0n) is 19.7. The fourth-order valence-corrected chi connectivity index (χ4v) is 5.77. The number of aryl methyl sites for hydroxylation is 4. The molecule has 3 aromatic carbocycles. The van der Waals surface area contributed by atoms with Crippen molar-refractivity contribution in [1.82, 2.24) is 9.73 Å². The summed E-state index contributed by atoms with van der Waals surface area (Å²) in [4.78, 5) is 12.9. The molecule has 8 heteroatoms. The number of halogens is 1. The van der Waals surface area contributed by atoms with Gasteiger partial charge in [-0.05, 0) is 62.1 Å². The van der Waals surface area contributed by atoms with Gasteiger partial charge in [0.15, 0.2) is 0 Å². The number of sulfonamides is 1. The van der Waals surface area contributed by atoms with Gasteiger partial charge >= 0.3 is 0 Å². The van der Waals surface area contributed by atoms with E-state index in [9.17, 15) is 13.2 Å². The fourth-order valence-electron chi connectivity index (χ4n) is 3.85. The second-order valence-electron chi connectivity index (χ2n) is 8.33. The van der Waals surface area contributed by atoms with Gasteiger partial charge in [-0.25, -0.2) is 13.8 Å². The van der Waals surface area contributed by atoms with Gasteiger partial charge in [-0.3, -0.25) is 4.79 Å².